The highest BCUT2D eigenvalue weighted by molar-refractivity contribution is 6.20. The first-order chi connectivity index (χ1) is 11.1. The van der Waals surface area contributed by atoms with Crippen molar-refractivity contribution in [2.45, 2.75) is 57.7 Å². The highest BCUT2D eigenvalue weighted by Gasteiger charge is 2.51. The van der Waals surface area contributed by atoms with Crippen LogP contribution < -0.4 is 0 Å². The quantitative estimate of drug-likeness (QED) is 0.385. The topological polar surface area (TPSA) is 114 Å². The zero-order chi connectivity index (χ0) is 18.4. The molecule has 10 heteroatoms. The molecule has 0 N–H and O–H groups in total. The third-order valence-corrected chi connectivity index (χ3v) is 3.29. The maximum atomic E-state index is 11.4. The second kappa shape index (κ2) is 8.84. The summed E-state index contributed by atoms with van der Waals surface area (Å²) in [6.07, 6.45) is -4.60. The van der Waals surface area contributed by atoms with E-state index in [0.29, 0.717) is 0 Å². The molecule has 0 spiro atoms. The summed E-state index contributed by atoms with van der Waals surface area (Å²) in [7, 11) is 0. The van der Waals surface area contributed by atoms with E-state index in [4.69, 9.17) is 35.3 Å². The minimum Gasteiger partial charge on any atom is -0.463 e. The number of halogens is 1. The van der Waals surface area contributed by atoms with E-state index in [1.807, 2.05) is 0 Å². The van der Waals surface area contributed by atoms with Gasteiger partial charge in [-0.2, -0.15) is 0 Å². The van der Waals surface area contributed by atoms with Gasteiger partial charge in [-0.05, 0) is 0 Å². The molecule has 0 aliphatic carbocycles. The monoisotopic (exact) mass is 366 g/mol. The summed E-state index contributed by atoms with van der Waals surface area (Å²) in [5.74, 6) is -2.67. The van der Waals surface area contributed by atoms with Gasteiger partial charge >= 0.3 is 23.9 Å². The third-order valence-electron chi connectivity index (χ3n) is 2.93. The van der Waals surface area contributed by atoms with Crippen LogP contribution in [0.25, 0.3) is 0 Å². The molecule has 24 heavy (non-hydrogen) atoms. The average molecular weight is 367 g/mol. The lowest BCUT2D eigenvalue weighted by molar-refractivity contribution is -0.238. The number of hydrogen-bond donors (Lipinski definition) is 0. The van der Waals surface area contributed by atoms with Crippen LogP contribution in [0, 0.1) is 0 Å². The van der Waals surface area contributed by atoms with E-state index in [9.17, 15) is 19.2 Å². The van der Waals surface area contributed by atoms with Gasteiger partial charge in [0, 0.05) is 27.7 Å². The Kier molecular flexibility index (Phi) is 7.43. The van der Waals surface area contributed by atoms with Gasteiger partial charge in [-0.3, -0.25) is 19.2 Å². The van der Waals surface area contributed by atoms with Gasteiger partial charge < -0.3 is 23.7 Å². The molecule has 1 fully saturated rings. The molecular formula is C14H19ClO9. The number of ether oxygens (including phenoxy) is 5. The van der Waals surface area contributed by atoms with Gasteiger partial charge in [-0.15, -0.1) is 0 Å². The van der Waals surface area contributed by atoms with Gasteiger partial charge in [-0.25, -0.2) is 0 Å². The average Bonchev–Trinajstić information content (AvgIpc) is 2.42. The van der Waals surface area contributed by atoms with Crippen molar-refractivity contribution in [1.82, 2.24) is 0 Å². The second-order valence-corrected chi connectivity index (χ2v) is 5.48. The van der Waals surface area contributed by atoms with Gasteiger partial charge in [0.15, 0.2) is 23.9 Å². The summed E-state index contributed by atoms with van der Waals surface area (Å²) in [4.78, 5) is 45.0. The lowest BCUT2D eigenvalue weighted by Crippen LogP contribution is -2.61. The van der Waals surface area contributed by atoms with Crippen LogP contribution >= 0.6 is 11.6 Å². The zero-order valence-corrected chi connectivity index (χ0v) is 14.4. The Bertz CT molecular complexity index is 506. The molecule has 5 atom stereocenters. The molecule has 0 bridgehead atoms. The molecule has 1 aliphatic heterocycles. The molecular weight excluding hydrogens is 348 g/mol. The summed E-state index contributed by atoms with van der Waals surface area (Å²) in [6.45, 7) is 4.31. The molecule has 9 nitrogen and oxygen atoms in total. The number of hydrogen-bond acceptors (Lipinski definition) is 9. The van der Waals surface area contributed by atoms with Crippen LogP contribution in [0.3, 0.4) is 0 Å². The van der Waals surface area contributed by atoms with E-state index < -0.39 is 53.9 Å². The van der Waals surface area contributed by atoms with Crippen molar-refractivity contribution in [3.05, 3.63) is 0 Å². The zero-order valence-electron chi connectivity index (χ0n) is 13.6. The van der Waals surface area contributed by atoms with Crippen LogP contribution in [0.2, 0.25) is 0 Å². The Balaban J connectivity index is 3.11. The Hall–Kier alpha value is -1.87. The summed E-state index contributed by atoms with van der Waals surface area (Å²) in [6, 6.07) is 0. The van der Waals surface area contributed by atoms with Crippen molar-refractivity contribution in [1.29, 1.82) is 0 Å². The summed E-state index contributed by atoms with van der Waals surface area (Å²) in [5, 5.41) is 0. The fourth-order valence-corrected chi connectivity index (χ4v) is 2.50. The van der Waals surface area contributed by atoms with Crippen LogP contribution in [-0.2, 0) is 42.9 Å². The molecule has 136 valence electrons. The van der Waals surface area contributed by atoms with Crippen LogP contribution in [0.15, 0.2) is 0 Å². The van der Waals surface area contributed by atoms with E-state index in [1.54, 1.807) is 0 Å². The second-order valence-electron chi connectivity index (χ2n) is 5.05. The number of esters is 4. The van der Waals surface area contributed by atoms with Gasteiger partial charge in [0.05, 0.1) is 0 Å². The molecule has 0 radical (unpaired) electrons. The first-order valence-electron chi connectivity index (χ1n) is 7.06. The number of rotatable bonds is 5. The minimum absolute atomic E-state index is 0.291. The molecule has 1 unspecified atom stereocenters. The van der Waals surface area contributed by atoms with Gasteiger partial charge in [0.1, 0.15) is 12.7 Å². The lowest BCUT2D eigenvalue weighted by atomic mass is 9.99. The highest BCUT2D eigenvalue weighted by Crippen LogP contribution is 2.30. The standard InChI is InChI=1S/C14H19ClO9/c1-6(16)20-5-10-11(21-7(2)17)12(22-8(3)18)13(14(15)24-10)23-9(4)19/h10-14H,5H2,1-4H3/t10-,11-,12+,13+,14?/m1/s1. The molecule has 0 amide bonds. The SMILES string of the molecule is CC(=O)OC[C@H]1OC(Cl)[C@@H](OC(C)=O)[C@@H](OC(C)=O)[C@@H]1OC(C)=O. The fraction of sp³-hybridized carbons (Fsp3) is 0.714. The Morgan fingerprint density at radius 2 is 1.25 bits per heavy atom. The summed E-state index contributed by atoms with van der Waals surface area (Å²) in [5.41, 5.74) is -1.20. The van der Waals surface area contributed by atoms with Crippen molar-refractivity contribution in [3.63, 3.8) is 0 Å². The predicted molar refractivity (Wildman–Crippen MR) is 77.8 cm³/mol. The van der Waals surface area contributed by atoms with E-state index in [1.165, 1.54) is 6.92 Å². The van der Waals surface area contributed by atoms with Crippen molar-refractivity contribution in [2.75, 3.05) is 6.61 Å². The van der Waals surface area contributed by atoms with Gasteiger partial charge in [0.2, 0.25) is 0 Å². The van der Waals surface area contributed by atoms with E-state index >= 15 is 0 Å². The van der Waals surface area contributed by atoms with Crippen molar-refractivity contribution >= 4 is 35.5 Å². The normalized spacial score (nSPS) is 29.3. The first-order valence-corrected chi connectivity index (χ1v) is 7.50. The molecule has 0 aromatic rings. The van der Waals surface area contributed by atoms with Crippen LogP contribution in [0.4, 0.5) is 0 Å². The summed E-state index contributed by atoms with van der Waals surface area (Å²) >= 11 is 6.05. The van der Waals surface area contributed by atoms with E-state index in [2.05, 4.69) is 0 Å². The van der Waals surface area contributed by atoms with Crippen LogP contribution in [-0.4, -0.2) is 60.5 Å². The lowest BCUT2D eigenvalue weighted by Gasteiger charge is -2.42. The molecule has 0 aromatic carbocycles. The van der Waals surface area contributed by atoms with Crippen molar-refractivity contribution < 1.29 is 42.9 Å². The Morgan fingerprint density at radius 1 is 0.792 bits per heavy atom. The molecule has 0 saturated carbocycles. The smallest absolute Gasteiger partial charge is 0.303 e. The summed E-state index contributed by atoms with van der Waals surface area (Å²) < 4.78 is 25.6. The first kappa shape index (κ1) is 20.2. The van der Waals surface area contributed by atoms with Gasteiger partial charge in [0.25, 0.3) is 0 Å². The number of alkyl halides is 1. The number of carbonyl (C=O) groups is 4. The number of carbonyl (C=O) groups excluding carboxylic acids is 4. The maximum absolute atomic E-state index is 11.4. The third kappa shape index (κ3) is 5.97. The molecule has 1 saturated heterocycles. The van der Waals surface area contributed by atoms with Gasteiger partial charge in [-0.1, -0.05) is 11.6 Å². The largest absolute Gasteiger partial charge is 0.463 e. The Labute approximate surface area is 143 Å². The molecule has 1 aliphatic rings. The molecule has 1 rings (SSSR count). The Morgan fingerprint density at radius 3 is 1.71 bits per heavy atom. The van der Waals surface area contributed by atoms with E-state index in [-0.39, 0.29) is 6.61 Å². The maximum Gasteiger partial charge on any atom is 0.303 e. The van der Waals surface area contributed by atoms with Crippen LogP contribution in [0.1, 0.15) is 27.7 Å². The minimum atomic E-state index is -1.22. The predicted octanol–water partition coefficient (Wildman–Crippen LogP) is 0.308. The van der Waals surface area contributed by atoms with Crippen LogP contribution in [0.5, 0.6) is 0 Å². The molecule has 1 heterocycles. The van der Waals surface area contributed by atoms with Crippen molar-refractivity contribution in [2.24, 2.45) is 0 Å². The van der Waals surface area contributed by atoms with Crippen molar-refractivity contribution in [3.8, 4) is 0 Å². The molecule has 0 aromatic heterocycles. The highest BCUT2D eigenvalue weighted by atomic mass is 35.5. The fourth-order valence-electron chi connectivity index (χ4n) is 2.18. The van der Waals surface area contributed by atoms with E-state index in [0.717, 1.165) is 20.8 Å².